The van der Waals surface area contributed by atoms with Crippen molar-refractivity contribution >= 4 is 17.4 Å². The van der Waals surface area contributed by atoms with Crippen molar-refractivity contribution in [2.24, 2.45) is 7.05 Å². The van der Waals surface area contributed by atoms with Crippen LogP contribution in [0, 0.1) is 6.92 Å². The normalized spacial score (nSPS) is 14.6. The van der Waals surface area contributed by atoms with E-state index < -0.39 is 0 Å². The molecule has 106 valence electrons. The third kappa shape index (κ3) is 2.93. The second-order valence-corrected chi connectivity index (χ2v) is 5.64. The Morgan fingerprint density at radius 2 is 2.20 bits per heavy atom. The van der Waals surface area contributed by atoms with E-state index in [4.69, 9.17) is 11.6 Å². The van der Waals surface area contributed by atoms with Gasteiger partial charge in [0.2, 0.25) is 0 Å². The van der Waals surface area contributed by atoms with Crippen LogP contribution in [0.2, 0.25) is 5.15 Å². The van der Waals surface area contributed by atoms with Crippen molar-refractivity contribution in [3.05, 3.63) is 34.5 Å². The first-order chi connectivity index (χ1) is 9.63. The van der Waals surface area contributed by atoms with E-state index in [9.17, 15) is 0 Å². The molecule has 2 heterocycles. The van der Waals surface area contributed by atoms with Crippen molar-refractivity contribution in [2.45, 2.75) is 32.1 Å². The third-order valence-corrected chi connectivity index (χ3v) is 3.86. The van der Waals surface area contributed by atoms with E-state index in [1.165, 1.54) is 12.8 Å². The van der Waals surface area contributed by atoms with E-state index in [-0.39, 0.29) is 0 Å². The van der Waals surface area contributed by atoms with Crippen LogP contribution in [0.25, 0.3) is 0 Å². The van der Waals surface area contributed by atoms with E-state index in [0.717, 1.165) is 35.9 Å². The fourth-order valence-corrected chi connectivity index (χ4v) is 2.28. The number of hydrogen-bond acceptors (Lipinski definition) is 4. The summed E-state index contributed by atoms with van der Waals surface area (Å²) in [6, 6.07) is 2.02. The number of nitrogens with zero attached hydrogens (tertiary/aromatic N) is 4. The molecule has 0 atom stereocenters. The zero-order chi connectivity index (χ0) is 14.1. The Bertz CT molecular complexity index is 618. The summed E-state index contributed by atoms with van der Waals surface area (Å²) in [5, 5.41) is 8.26. The molecule has 0 bridgehead atoms. The van der Waals surface area contributed by atoms with Crippen molar-refractivity contribution in [1.82, 2.24) is 19.7 Å². The van der Waals surface area contributed by atoms with Crippen LogP contribution < -0.4 is 5.32 Å². The summed E-state index contributed by atoms with van der Waals surface area (Å²) in [6.45, 7) is 2.73. The molecule has 0 unspecified atom stereocenters. The summed E-state index contributed by atoms with van der Waals surface area (Å²) in [5.74, 6) is 2.23. The number of nitrogens with one attached hydrogen (secondary N) is 1. The van der Waals surface area contributed by atoms with Crippen molar-refractivity contribution in [3.63, 3.8) is 0 Å². The van der Waals surface area contributed by atoms with Gasteiger partial charge in [0.05, 0.1) is 5.69 Å². The maximum atomic E-state index is 6.18. The smallest absolute Gasteiger partial charge is 0.137 e. The fraction of sp³-hybridized carbons (Fsp3) is 0.500. The quantitative estimate of drug-likeness (QED) is 0.861. The fourth-order valence-electron chi connectivity index (χ4n) is 2.11. The molecule has 1 aliphatic carbocycles. The highest BCUT2D eigenvalue weighted by atomic mass is 35.5. The Morgan fingerprint density at radius 1 is 1.40 bits per heavy atom. The van der Waals surface area contributed by atoms with Crippen LogP contribution in [0.3, 0.4) is 0 Å². The van der Waals surface area contributed by atoms with Crippen LogP contribution in [0.15, 0.2) is 12.3 Å². The summed E-state index contributed by atoms with van der Waals surface area (Å²) in [5.41, 5.74) is 1.98. The van der Waals surface area contributed by atoms with Crippen LogP contribution in [0.5, 0.6) is 0 Å². The summed E-state index contributed by atoms with van der Waals surface area (Å²) < 4.78 is 1.81. The summed E-state index contributed by atoms with van der Waals surface area (Å²) in [7, 11) is 1.92. The van der Waals surface area contributed by atoms with Crippen molar-refractivity contribution < 1.29 is 0 Å². The molecule has 0 aliphatic heterocycles. The molecule has 1 fully saturated rings. The average Bonchev–Trinajstić information content (AvgIpc) is 3.18. The molecule has 0 spiro atoms. The highest BCUT2D eigenvalue weighted by molar-refractivity contribution is 6.30. The number of anilines is 1. The molecule has 1 saturated carbocycles. The molecule has 3 rings (SSSR count). The number of rotatable bonds is 5. The van der Waals surface area contributed by atoms with Crippen molar-refractivity contribution in [3.8, 4) is 0 Å². The molecule has 5 nitrogen and oxygen atoms in total. The van der Waals surface area contributed by atoms with Crippen molar-refractivity contribution in [1.29, 1.82) is 0 Å². The maximum absolute atomic E-state index is 6.18. The van der Waals surface area contributed by atoms with Crippen LogP contribution in [0.4, 0.5) is 5.82 Å². The Kier molecular flexibility index (Phi) is 3.61. The monoisotopic (exact) mass is 291 g/mol. The lowest BCUT2D eigenvalue weighted by Crippen LogP contribution is -2.10. The van der Waals surface area contributed by atoms with E-state index >= 15 is 0 Å². The molecule has 0 saturated heterocycles. The SMILES string of the molecule is Cc1c(Cl)nc(C2CC2)nc1NCCc1ccn(C)n1. The number of aromatic nitrogens is 4. The number of halogens is 1. The van der Waals surface area contributed by atoms with Gasteiger partial charge in [0, 0.05) is 37.7 Å². The van der Waals surface area contributed by atoms with E-state index in [1.807, 2.05) is 30.9 Å². The van der Waals surface area contributed by atoms with Crippen LogP contribution in [-0.4, -0.2) is 26.3 Å². The predicted octanol–water partition coefficient (Wildman–Crippen LogP) is 2.70. The standard InChI is InChI=1S/C14H18ClN5/c1-9-12(15)17-14(10-3-4-10)18-13(9)16-7-5-11-6-8-20(2)19-11/h6,8,10H,3-5,7H2,1-2H3,(H,16,17,18). The topological polar surface area (TPSA) is 55.6 Å². The van der Waals surface area contributed by atoms with Gasteiger partial charge in [-0.2, -0.15) is 5.10 Å². The van der Waals surface area contributed by atoms with Gasteiger partial charge in [-0.05, 0) is 25.8 Å². The molecule has 0 radical (unpaired) electrons. The lowest BCUT2D eigenvalue weighted by molar-refractivity contribution is 0.741. The summed E-state index contributed by atoms with van der Waals surface area (Å²) >= 11 is 6.18. The molecule has 20 heavy (non-hydrogen) atoms. The molecule has 2 aromatic heterocycles. The average molecular weight is 292 g/mol. The summed E-state index contributed by atoms with van der Waals surface area (Å²) in [4.78, 5) is 8.96. The molecular formula is C14H18ClN5. The van der Waals surface area contributed by atoms with Gasteiger partial charge in [0.1, 0.15) is 16.8 Å². The molecule has 6 heteroatoms. The Labute approximate surface area is 123 Å². The zero-order valence-corrected chi connectivity index (χ0v) is 12.5. The van der Waals surface area contributed by atoms with Gasteiger partial charge in [-0.1, -0.05) is 11.6 Å². The lowest BCUT2D eigenvalue weighted by atomic mass is 10.3. The van der Waals surface area contributed by atoms with Gasteiger partial charge in [-0.3, -0.25) is 4.68 Å². The van der Waals surface area contributed by atoms with Gasteiger partial charge in [-0.25, -0.2) is 9.97 Å². The van der Waals surface area contributed by atoms with E-state index in [2.05, 4.69) is 20.4 Å². The number of hydrogen-bond donors (Lipinski definition) is 1. The summed E-state index contributed by atoms with van der Waals surface area (Å²) in [6.07, 6.45) is 5.16. The Morgan fingerprint density at radius 3 is 2.85 bits per heavy atom. The first kappa shape index (κ1) is 13.4. The predicted molar refractivity (Wildman–Crippen MR) is 79.2 cm³/mol. The molecule has 1 aliphatic rings. The second kappa shape index (κ2) is 5.40. The van der Waals surface area contributed by atoms with Gasteiger partial charge < -0.3 is 5.32 Å². The van der Waals surface area contributed by atoms with Gasteiger partial charge in [-0.15, -0.1) is 0 Å². The molecule has 2 aromatic rings. The van der Waals surface area contributed by atoms with Crippen molar-refractivity contribution in [2.75, 3.05) is 11.9 Å². The minimum atomic E-state index is 0.504. The molecule has 1 N–H and O–H groups in total. The van der Waals surface area contributed by atoms with Gasteiger partial charge in [0.25, 0.3) is 0 Å². The largest absolute Gasteiger partial charge is 0.369 e. The van der Waals surface area contributed by atoms with Crippen LogP contribution in [0.1, 0.15) is 35.8 Å². The van der Waals surface area contributed by atoms with Crippen LogP contribution in [-0.2, 0) is 13.5 Å². The van der Waals surface area contributed by atoms with E-state index in [1.54, 1.807) is 0 Å². The lowest BCUT2D eigenvalue weighted by Gasteiger charge is -2.10. The highest BCUT2D eigenvalue weighted by Gasteiger charge is 2.27. The third-order valence-electron chi connectivity index (χ3n) is 3.49. The first-order valence-electron chi connectivity index (χ1n) is 6.90. The maximum Gasteiger partial charge on any atom is 0.137 e. The highest BCUT2D eigenvalue weighted by Crippen LogP contribution is 2.39. The minimum Gasteiger partial charge on any atom is -0.369 e. The van der Waals surface area contributed by atoms with E-state index in [0.29, 0.717) is 11.1 Å². The Hall–Kier alpha value is -1.62. The molecular weight excluding hydrogens is 274 g/mol. The first-order valence-corrected chi connectivity index (χ1v) is 7.27. The van der Waals surface area contributed by atoms with Gasteiger partial charge >= 0.3 is 0 Å². The molecule has 0 amide bonds. The Balaban J connectivity index is 1.67. The zero-order valence-electron chi connectivity index (χ0n) is 11.7. The minimum absolute atomic E-state index is 0.504. The van der Waals surface area contributed by atoms with Gasteiger partial charge in [0.15, 0.2) is 0 Å². The van der Waals surface area contributed by atoms with Crippen LogP contribution >= 0.6 is 11.6 Å². The number of aryl methyl sites for hydroxylation is 1. The second-order valence-electron chi connectivity index (χ2n) is 5.28. The molecule has 0 aromatic carbocycles.